The molecular weight excluding hydrogens is 420 g/mol. The summed E-state index contributed by atoms with van der Waals surface area (Å²) in [4.78, 5) is 30.6. The zero-order valence-electron chi connectivity index (χ0n) is 16.7. The Bertz CT molecular complexity index is 884. The third-order valence-electron chi connectivity index (χ3n) is 5.59. The Morgan fingerprint density at radius 2 is 2.14 bits per heavy atom. The first kappa shape index (κ1) is 22.2. The van der Waals surface area contributed by atoms with Crippen LogP contribution in [0.2, 0.25) is 0 Å². The van der Waals surface area contributed by atoms with Crippen LogP contribution < -0.4 is 5.43 Å². The molecule has 0 aromatic carbocycles. The number of amides is 1. The van der Waals surface area contributed by atoms with E-state index in [0.717, 1.165) is 16.4 Å². The van der Waals surface area contributed by atoms with Crippen LogP contribution in [0.4, 0.5) is 0 Å². The molecule has 3 aliphatic heterocycles. The Labute approximate surface area is 174 Å². The smallest absolute Gasteiger partial charge is 0.353 e. The van der Waals surface area contributed by atoms with Crippen molar-refractivity contribution in [3.8, 4) is 0 Å². The van der Waals surface area contributed by atoms with Gasteiger partial charge in [0.25, 0.3) is 0 Å². The van der Waals surface area contributed by atoms with Gasteiger partial charge in [0.05, 0.1) is 30.9 Å². The van der Waals surface area contributed by atoms with E-state index in [4.69, 9.17) is 0 Å². The van der Waals surface area contributed by atoms with Crippen molar-refractivity contribution in [3.63, 3.8) is 0 Å². The molecule has 3 rings (SSSR count). The minimum absolute atomic E-state index is 0.0118. The predicted molar refractivity (Wildman–Crippen MR) is 109 cm³/mol. The summed E-state index contributed by atoms with van der Waals surface area (Å²) < 4.78 is 23.9. The lowest BCUT2D eigenvalue weighted by Crippen LogP contribution is -2.63. The highest BCUT2D eigenvalue weighted by atomic mass is 32.2. The van der Waals surface area contributed by atoms with Gasteiger partial charge in [-0.25, -0.2) is 18.6 Å². The molecule has 3 heterocycles. The number of β-lactam (4-membered cyclic amide) rings is 1. The van der Waals surface area contributed by atoms with Gasteiger partial charge in [-0.1, -0.05) is 6.92 Å². The summed E-state index contributed by atoms with van der Waals surface area (Å²) in [7, 11) is -1.92. The molecule has 0 bridgehead atoms. The molecule has 10 nitrogen and oxygen atoms in total. The average molecular weight is 447 g/mol. The van der Waals surface area contributed by atoms with Crippen molar-refractivity contribution < 1.29 is 28.2 Å². The fraction of sp³-hybridized carbons (Fsp3) is 0.706. The maximum atomic E-state index is 12.4. The molecule has 12 heteroatoms. The second kappa shape index (κ2) is 7.99. The van der Waals surface area contributed by atoms with Gasteiger partial charge in [0, 0.05) is 41.8 Å². The van der Waals surface area contributed by atoms with Gasteiger partial charge in [-0.05, 0) is 6.92 Å². The Morgan fingerprint density at radius 3 is 2.69 bits per heavy atom. The highest BCUT2D eigenvalue weighted by Crippen LogP contribution is 2.51. The number of carbonyl (C=O) groups excluding carboxylic acids is 1. The van der Waals surface area contributed by atoms with Crippen LogP contribution in [-0.2, 0) is 19.6 Å². The first-order valence-electron chi connectivity index (χ1n) is 9.28. The molecule has 3 aliphatic rings. The first-order valence-corrected chi connectivity index (χ1v) is 12.0. The van der Waals surface area contributed by atoms with Gasteiger partial charge in [-0.3, -0.25) is 9.79 Å². The summed E-state index contributed by atoms with van der Waals surface area (Å²) in [5.41, 5.74) is 3.60. The Kier molecular flexibility index (Phi) is 6.12. The number of nitrogens with one attached hydrogen (secondary N) is 1. The van der Waals surface area contributed by atoms with Crippen LogP contribution >= 0.6 is 11.8 Å². The van der Waals surface area contributed by atoms with Crippen molar-refractivity contribution in [2.24, 2.45) is 16.8 Å². The molecule has 3 N–H and O–H groups in total. The number of sulfonamides is 1. The minimum atomic E-state index is -3.34. The van der Waals surface area contributed by atoms with E-state index in [-0.39, 0.29) is 28.8 Å². The number of carboxylic acids is 1. The molecular formula is C17H26N4O6S2. The van der Waals surface area contributed by atoms with E-state index >= 15 is 0 Å². The summed E-state index contributed by atoms with van der Waals surface area (Å²) in [5, 5.41) is 19.6. The van der Waals surface area contributed by atoms with Gasteiger partial charge in [0.15, 0.2) is 0 Å². The number of rotatable bonds is 8. The highest BCUT2D eigenvalue weighted by Gasteiger charge is 2.60. The van der Waals surface area contributed by atoms with Gasteiger partial charge in [-0.15, -0.1) is 16.2 Å². The quantitative estimate of drug-likeness (QED) is 0.334. The van der Waals surface area contributed by atoms with Gasteiger partial charge >= 0.3 is 5.97 Å². The lowest BCUT2D eigenvalue weighted by atomic mass is 9.79. The average Bonchev–Trinajstić information content (AvgIpc) is 3.14. The lowest BCUT2D eigenvalue weighted by molar-refractivity contribution is -0.163. The minimum Gasteiger partial charge on any atom is -0.477 e. The van der Waals surface area contributed by atoms with Gasteiger partial charge < -0.3 is 15.1 Å². The number of aliphatic imine (C=N–C) groups is 1. The molecule has 1 fully saturated rings. The molecule has 162 valence electrons. The number of hydrogen-bond acceptors (Lipinski definition) is 8. The van der Waals surface area contributed by atoms with Crippen LogP contribution in [0.5, 0.6) is 0 Å². The molecule has 0 aromatic heterocycles. The van der Waals surface area contributed by atoms with Crippen LogP contribution in [-0.4, -0.2) is 89.3 Å². The molecule has 0 aliphatic carbocycles. The van der Waals surface area contributed by atoms with Crippen molar-refractivity contribution in [2.45, 2.75) is 37.7 Å². The fourth-order valence-electron chi connectivity index (χ4n) is 4.01. The van der Waals surface area contributed by atoms with E-state index in [1.54, 1.807) is 6.92 Å². The topological polar surface area (TPSA) is 140 Å². The van der Waals surface area contributed by atoms with Gasteiger partial charge in [0.2, 0.25) is 15.9 Å². The maximum absolute atomic E-state index is 12.4. The van der Waals surface area contributed by atoms with Crippen molar-refractivity contribution in [2.75, 3.05) is 26.4 Å². The standard InChI is InChI=1S/C17H26N4O6S2/c1-8-13-12(9(2)22)16(23)21(13)14(17(24)25)15(8)28-11-5-10(18-7-11)6-19-20(3)29(4,26)27/h8-9,11-13,19,22H,5-7H2,1-4H3,(H,24,25). The molecule has 0 radical (unpaired) electrons. The monoisotopic (exact) mass is 446 g/mol. The number of carboxylic acid groups (broad SMARTS) is 1. The SMILES string of the molecule is CC(O)C1C(=O)N2C(C(=O)O)=C(SC3CN=C(CNN(C)S(C)(=O)=O)C3)C(C)C12. The summed E-state index contributed by atoms with van der Waals surface area (Å²) >= 11 is 1.42. The number of nitrogens with zero attached hydrogens (tertiary/aromatic N) is 3. The van der Waals surface area contributed by atoms with E-state index in [9.17, 15) is 28.2 Å². The summed E-state index contributed by atoms with van der Waals surface area (Å²) in [6, 6.07) is -0.331. The van der Waals surface area contributed by atoms with Crippen LogP contribution in [0.25, 0.3) is 0 Å². The number of aliphatic hydroxyl groups is 1. The number of thioether (sulfide) groups is 1. The molecule has 1 saturated heterocycles. The Balaban J connectivity index is 1.66. The lowest BCUT2D eigenvalue weighted by Gasteiger charge is -2.46. The molecule has 0 spiro atoms. The van der Waals surface area contributed by atoms with Gasteiger partial charge in [-0.2, -0.15) is 0 Å². The van der Waals surface area contributed by atoms with Crippen molar-refractivity contribution in [1.82, 2.24) is 14.7 Å². The van der Waals surface area contributed by atoms with E-state index in [1.165, 1.54) is 23.7 Å². The van der Waals surface area contributed by atoms with Crippen molar-refractivity contribution >= 4 is 39.4 Å². The number of fused-ring (bicyclic) bond motifs is 1. The number of carbonyl (C=O) groups is 2. The molecule has 5 atom stereocenters. The molecule has 0 aromatic rings. The summed E-state index contributed by atoms with van der Waals surface area (Å²) in [5.74, 6) is -2.25. The molecule has 1 amide bonds. The van der Waals surface area contributed by atoms with Crippen molar-refractivity contribution in [3.05, 3.63) is 10.6 Å². The third-order valence-corrected chi connectivity index (χ3v) is 8.18. The van der Waals surface area contributed by atoms with Crippen LogP contribution in [0.1, 0.15) is 20.3 Å². The number of hydrogen-bond donors (Lipinski definition) is 3. The predicted octanol–water partition coefficient (Wildman–Crippen LogP) is -0.517. The third kappa shape index (κ3) is 4.08. The Morgan fingerprint density at radius 1 is 1.48 bits per heavy atom. The summed E-state index contributed by atoms with van der Waals surface area (Å²) in [6.07, 6.45) is 0.864. The maximum Gasteiger partial charge on any atom is 0.353 e. The second-order valence-electron chi connectivity index (χ2n) is 7.69. The van der Waals surface area contributed by atoms with E-state index < -0.39 is 28.0 Å². The summed E-state index contributed by atoms with van der Waals surface area (Å²) in [6.45, 7) is 4.22. The molecule has 29 heavy (non-hydrogen) atoms. The van der Waals surface area contributed by atoms with Crippen molar-refractivity contribution in [1.29, 1.82) is 0 Å². The zero-order chi connectivity index (χ0) is 21.7. The fourth-order valence-corrected chi connectivity index (χ4v) is 5.74. The van der Waals surface area contributed by atoms with Crippen LogP contribution in [0, 0.1) is 11.8 Å². The number of hydrazine groups is 1. The first-order chi connectivity index (χ1) is 13.4. The second-order valence-corrected chi connectivity index (χ2v) is 11.0. The Hall–Kier alpha value is -1.47. The van der Waals surface area contributed by atoms with Crippen LogP contribution in [0.3, 0.4) is 0 Å². The number of aliphatic carboxylic acids is 1. The normalized spacial score (nSPS) is 30.5. The van der Waals surface area contributed by atoms with E-state index in [0.29, 0.717) is 24.4 Å². The molecule has 5 unspecified atom stereocenters. The van der Waals surface area contributed by atoms with Gasteiger partial charge in [0.1, 0.15) is 5.70 Å². The van der Waals surface area contributed by atoms with Crippen LogP contribution in [0.15, 0.2) is 15.6 Å². The van der Waals surface area contributed by atoms with E-state index in [1.807, 2.05) is 6.92 Å². The largest absolute Gasteiger partial charge is 0.477 e. The molecule has 0 saturated carbocycles. The zero-order valence-corrected chi connectivity index (χ0v) is 18.3. The highest BCUT2D eigenvalue weighted by molar-refractivity contribution is 8.03. The number of aliphatic hydroxyl groups excluding tert-OH is 1. The van der Waals surface area contributed by atoms with E-state index in [2.05, 4.69) is 10.4 Å².